The highest BCUT2D eigenvalue weighted by atomic mass is 16.1. The number of hydrogen-bond acceptors (Lipinski definition) is 1. The van der Waals surface area contributed by atoms with E-state index < -0.39 is 0 Å². The van der Waals surface area contributed by atoms with Gasteiger partial charge in [-0.1, -0.05) is 31.4 Å². The summed E-state index contributed by atoms with van der Waals surface area (Å²) in [5.41, 5.74) is 4.13. The van der Waals surface area contributed by atoms with Crippen molar-refractivity contribution in [3.63, 3.8) is 0 Å². The van der Waals surface area contributed by atoms with Crippen LogP contribution in [0.2, 0.25) is 0 Å². The van der Waals surface area contributed by atoms with Gasteiger partial charge in [-0.15, -0.1) is 0 Å². The summed E-state index contributed by atoms with van der Waals surface area (Å²) in [4.78, 5) is 12.0. The summed E-state index contributed by atoms with van der Waals surface area (Å²) < 4.78 is 0. The number of ketones is 1. The lowest BCUT2D eigenvalue weighted by atomic mass is 9.47. The summed E-state index contributed by atoms with van der Waals surface area (Å²) in [5, 5.41) is 0. The van der Waals surface area contributed by atoms with Crippen LogP contribution in [0.25, 0.3) is 0 Å². The normalized spacial score (nSPS) is 49.7. The highest BCUT2D eigenvalue weighted by Gasteiger charge is 2.56. The molecule has 0 aromatic heterocycles. The van der Waals surface area contributed by atoms with Crippen molar-refractivity contribution in [3.05, 3.63) is 11.1 Å². The third kappa shape index (κ3) is 1.85. The standard InChI is InChI=1S/C20H30O/c1-13-11-15-16-5-4-8-19(16,2)9-7-17(15)20(3)10-6-14(21)12-18(13)20/h15-17H,4-12H2,1-3H3/t15-,16-,17+,19-,20+/m0/s1. The Balaban J connectivity index is 1.75. The van der Waals surface area contributed by atoms with Crippen LogP contribution in [0, 0.1) is 28.6 Å². The molecule has 0 N–H and O–H groups in total. The first kappa shape index (κ1) is 14.0. The molecule has 3 saturated carbocycles. The van der Waals surface area contributed by atoms with Crippen molar-refractivity contribution in [2.45, 2.75) is 78.6 Å². The number of allylic oxidation sites excluding steroid dienone is 2. The molecule has 4 rings (SSSR count). The zero-order chi connectivity index (χ0) is 14.8. The molecule has 0 bridgehead atoms. The SMILES string of the molecule is CC1=C2CC(=O)CC[C@]2(C)[C@@H]2CC[C@]3(C)CCC[C@H]3[C@@H]2C1. The molecule has 4 aliphatic carbocycles. The molecule has 0 aromatic rings. The molecule has 5 atom stereocenters. The highest BCUT2D eigenvalue weighted by molar-refractivity contribution is 5.83. The van der Waals surface area contributed by atoms with E-state index in [-0.39, 0.29) is 0 Å². The molecule has 0 aromatic carbocycles. The lowest BCUT2D eigenvalue weighted by Crippen LogP contribution is -2.49. The fraction of sp³-hybridized carbons (Fsp3) is 0.850. The van der Waals surface area contributed by atoms with Gasteiger partial charge in [0.05, 0.1) is 0 Å². The van der Waals surface area contributed by atoms with Gasteiger partial charge >= 0.3 is 0 Å². The van der Waals surface area contributed by atoms with E-state index in [1.54, 1.807) is 11.1 Å². The zero-order valence-corrected chi connectivity index (χ0v) is 14.0. The quantitative estimate of drug-likeness (QED) is 0.552. The van der Waals surface area contributed by atoms with Crippen molar-refractivity contribution in [1.82, 2.24) is 0 Å². The molecule has 0 saturated heterocycles. The number of carbonyl (C=O) groups is 1. The summed E-state index contributed by atoms with van der Waals surface area (Å²) in [5.74, 6) is 3.22. The molecule has 0 amide bonds. The van der Waals surface area contributed by atoms with Crippen molar-refractivity contribution in [2.24, 2.45) is 28.6 Å². The summed E-state index contributed by atoms with van der Waals surface area (Å²) in [6.07, 6.45) is 11.3. The number of rotatable bonds is 0. The Morgan fingerprint density at radius 2 is 1.86 bits per heavy atom. The van der Waals surface area contributed by atoms with Gasteiger partial charge < -0.3 is 0 Å². The summed E-state index contributed by atoms with van der Waals surface area (Å²) in [6, 6.07) is 0. The Morgan fingerprint density at radius 1 is 1.05 bits per heavy atom. The molecule has 4 aliphatic rings. The van der Waals surface area contributed by atoms with Gasteiger partial charge in [0, 0.05) is 12.8 Å². The first-order valence-corrected chi connectivity index (χ1v) is 9.15. The van der Waals surface area contributed by atoms with Crippen LogP contribution in [-0.4, -0.2) is 5.78 Å². The van der Waals surface area contributed by atoms with E-state index in [0.717, 1.165) is 37.0 Å². The summed E-state index contributed by atoms with van der Waals surface area (Å²) >= 11 is 0. The van der Waals surface area contributed by atoms with Crippen LogP contribution >= 0.6 is 0 Å². The van der Waals surface area contributed by atoms with Crippen molar-refractivity contribution >= 4 is 5.78 Å². The van der Waals surface area contributed by atoms with Crippen LogP contribution in [0.15, 0.2) is 11.1 Å². The maximum Gasteiger partial charge on any atom is 0.136 e. The van der Waals surface area contributed by atoms with Crippen LogP contribution in [0.4, 0.5) is 0 Å². The van der Waals surface area contributed by atoms with Gasteiger partial charge in [0.1, 0.15) is 5.78 Å². The Bertz CT molecular complexity index is 516. The third-order valence-electron chi connectivity index (χ3n) is 8.08. The summed E-state index contributed by atoms with van der Waals surface area (Å²) in [7, 11) is 0. The van der Waals surface area contributed by atoms with E-state index in [1.165, 1.54) is 38.5 Å². The lowest BCUT2D eigenvalue weighted by Gasteiger charge is -2.57. The van der Waals surface area contributed by atoms with Crippen LogP contribution in [0.1, 0.15) is 78.6 Å². The van der Waals surface area contributed by atoms with Crippen molar-refractivity contribution < 1.29 is 4.79 Å². The largest absolute Gasteiger partial charge is 0.299 e. The Labute approximate surface area is 129 Å². The minimum Gasteiger partial charge on any atom is -0.299 e. The predicted octanol–water partition coefficient (Wildman–Crippen LogP) is 5.30. The van der Waals surface area contributed by atoms with E-state index in [0.29, 0.717) is 16.6 Å². The van der Waals surface area contributed by atoms with Gasteiger partial charge in [-0.05, 0) is 74.0 Å². The van der Waals surface area contributed by atoms with Gasteiger partial charge in [0.2, 0.25) is 0 Å². The molecule has 3 fully saturated rings. The number of fused-ring (bicyclic) bond motifs is 5. The number of carbonyl (C=O) groups excluding carboxylic acids is 1. The zero-order valence-electron chi connectivity index (χ0n) is 14.0. The van der Waals surface area contributed by atoms with Crippen molar-refractivity contribution in [2.75, 3.05) is 0 Å². The van der Waals surface area contributed by atoms with E-state index in [2.05, 4.69) is 20.8 Å². The Hall–Kier alpha value is -0.590. The first-order chi connectivity index (χ1) is 9.94. The number of Topliss-reactive ketones (excluding diaryl/α,β-unsaturated/α-hetero) is 1. The van der Waals surface area contributed by atoms with Crippen LogP contribution in [-0.2, 0) is 4.79 Å². The summed E-state index contributed by atoms with van der Waals surface area (Å²) in [6.45, 7) is 7.41. The minimum atomic E-state index is 0.352. The van der Waals surface area contributed by atoms with Crippen molar-refractivity contribution in [1.29, 1.82) is 0 Å². The van der Waals surface area contributed by atoms with Gasteiger partial charge in [0.25, 0.3) is 0 Å². The second-order valence-corrected chi connectivity index (χ2v) is 9.06. The fourth-order valence-corrected chi connectivity index (χ4v) is 6.92. The smallest absolute Gasteiger partial charge is 0.136 e. The highest BCUT2D eigenvalue weighted by Crippen LogP contribution is 2.65. The minimum absolute atomic E-state index is 0.352. The van der Waals surface area contributed by atoms with E-state index in [9.17, 15) is 4.79 Å². The van der Waals surface area contributed by atoms with Gasteiger partial charge in [0.15, 0.2) is 0 Å². The fourth-order valence-electron chi connectivity index (χ4n) is 6.92. The van der Waals surface area contributed by atoms with Gasteiger partial charge in [-0.2, -0.15) is 0 Å². The Morgan fingerprint density at radius 3 is 2.67 bits per heavy atom. The van der Waals surface area contributed by atoms with Gasteiger partial charge in [-0.3, -0.25) is 4.79 Å². The second kappa shape index (κ2) is 4.46. The monoisotopic (exact) mass is 286 g/mol. The molecule has 0 aliphatic heterocycles. The van der Waals surface area contributed by atoms with Crippen LogP contribution in [0.5, 0.6) is 0 Å². The van der Waals surface area contributed by atoms with Crippen LogP contribution in [0.3, 0.4) is 0 Å². The molecule has 0 radical (unpaired) electrons. The average molecular weight is 286 g/mol. The van der Waals surface area contributed by atoms with Crippen LogP contribution < -0.4 is 0 Å². The average Bonchev–Trinajstić information content (AvgIpc) is 2.83. The lowest BCUT2D eigenvalue weighted by molar-refractivity contribution is -0.122. The topological polar surface area (TPSA) is 17.1 Å². The maximum atomic E-state index is 12.0. The molecule has 0 unspecified atom stereocenters. The predicted molar refractivity (Wildman–Crippen MR) is 85.9 cm³/mol. The van der Waals surface area contributed by atoms with Gasteiger partial charge in [-0.25, -0.2) is 0 Å². The molecular formula is C20H30O. The molecule has 0 heterocycles. The van der Waals surface area contributed by atoms with E-state index in [1.807, 2.05) is 0 Å². The van der Waals surface area contributed by atoms with Crippen molar-refractivity contribution in [3.8, 4) is 0 Å². The molecule has 116 valence electrons. The number of hydrogen-bond donors (Lipinski definition) is 0. The second-order valence-electron chi connectivity index (χ2n) is 9.06. The molecular weight excluding hydrogens is 256 g/mol. The molecule has 0 spiro atoms. The Kier molecular flexibility index (Phi) is 2.98. The molecule has 21 heavy (non-hydrogen) atoms. The molecule has 1 nitrogen and oxygen atoms in total. The molecule has 1 heteroatoms. The van der Waals surface area contributed by atoms with E-state index >= 15 is 0 Å². The van der Waals surface area contributed by atoms with E-state index in [4.69, 9.17) is 0 Å². The first-order valence-electron chi connectivity index (χ1n) is 9.15. The maximum absolute atomic E-state index is 12.0. The third-order valence-corrected chi connectivity index (χ3v) is 8.08.